The molecule has 2 amide bonds. The van der Waals surface area contributed by atoms with E-state index in [0.717, 1.165) is 0 Å². The van der Waals surface area contributed by atoms with E-state index in [1.54, 1.807) is 25.3 Å². The van der Waals surface area contributed by atoms with Crippen LogP contribution in [0.5, 0.6) is 0 Å². The molecule has 0 aromatic carbocycles. The number of hydrogen-bond acceptors (Lipinski definition) is 3. The van der Waals surface area contributed by atoms with Crippen molar-refractivity contribution in [2.75, 3.05) is 6.54 Å². The zero-order valence-corrected chi connectivity index (χ0v) is 10.1. The molecule has 0 saturated heterocycles. The van der Waals surface area contributed by atoms with Gasteiger partial charge in [0.1, 0.15) is 6.04 Å². The van der Waals surface area contributed by atoms with E-state index in [0.29, 0.717) is 12.2 Å². The minimum absolute atomic E-state index is 0.141. The van der Waals surface area contributed by atoms with E-state index >= 15 is 0 Å². The Balaban J connectivity index is 2.71. The van der Waals surface area contributed by atoms with Gasteiger partial charge < -0.3 is 10.6 Å². The molecular weight excluding hydrogens is 218 g/mol. The first-order valence-electron chi connectivity index (χ1n) is 5.55. The molecule has 0 radical (unpaired) electrons. The van der Waals surface area contributed by atoms with Crippen molar-refractivity contribution in [2.45, 2.75) is 26.3 Å². The minimum atomic E-state index is -0.587. The molecule has 5 heteroatoms. The summed E-state index contributed by atoms with van der Waals surface area (Å²) in [7, 11) is 0. The lowest BCUT2D eigenvalue weighted by Gasteiger charge is -2.25. The lowest BCUT2D eigenvalue weighted by atomic mass is 10.2. The number of aromatic nitrogens is 1. The van der Waals surface area contributed by atoms with E-state index in [-0.39, 0.29) is 12.3 Å². The van der Waals surface area contributed by atoms with Crippen molar-refractivity contribution in [1.29, 1.82) is 0 Å². The van der Waals surface area contributed by atoms with Gasteiger partial charge in [-0.05, 0) is 26.0 Å². The molecule has 1 aromatic rings. The average Bonchev–Trinajstić information content (AvgIpc) is 2.30. The topological polar surface area (TPSA) is 76.3 Å². The largest absolute Gasteiger partial charge is 0.368 e. The van der Waals surface area contributed by atoms with Crippen molar-refractivity contribution >= 4 is 11.8 Å². The zero-order valence-electron chi connectivity index (χ0n) is 10.1. The van der Waals surface area contributed by atoms with Crippen molar-refractivity contribution in [3.05, 3.63) is 30.1 Å². The number of amides is 2. The Bertz CT molecular complexity index is 392. The van der Waals surface area contributed by atoms with Crippen LogP contribution in [-0.2, 0) is 16.0 Å². The maximum atomic E-state index is 12.0. The summed E-state index contributed by atoms with van der Waals surface area (Å²) in [5, 5.41) is 0. The first-order valence-corrected chi connectivity index (χ1v) is 5.55. The molecular formula is C12H17N3O2. The number of nitrogens with zero attached hydrogens (tertiary/aromatic N) is 2. The first-order chi connectivity index (χ1) is 8.06. The van der Waals surface area contributed by atoms with Gasteiger partial charge in [-0.3, -0.25) is 14.6 Å². The van der Waals surface area contributed by atoms with Crippen molar-refractivity contribution in [1.82, 2.24) is 9.88 Å². The van der Waals surface area contributed by atoms with Gasteiger partial charge in [0.2, 0.25) is 11.8 Å². The predicted molar refractivity (Wildman–Crippen MR) is 64.0 cm³/mol. The maximum Gasteiger partial charge on any atom is 0.239 e. The summed E-state index contributed by atoms with van der Waals surface area (Å²) in [6.45, 7) is 3.90. The van der Waals surface area contributed by atoms with Gasteiger partial charge in [-0.15, -0.1) is 0 Å². The van der Waals surface area contributed by atoms with Crippen molar-refractivity contribution in [3.63, 3.8) is 0 Å². The van der Waals surface area contributed by atoms with Gasteiger partial charge in [0.05, 0.1) is 6.42 Å². The van der Waals surface area contributed by atoms with E-state index in [1.807, 2.05) is 13.0 Å². The Hall–Kier alpha value is -1.91. The average molecular weight is 235 g/mol. The summed E-state index contributed by atoms with van der Waals surface area (Å²) in [6.07, 6.45) is 1.82. The molecule has 1 unspecified atom stereocenters. The quantitative estimate of drug-likeness (QED) is 0.799. The number of pyridine rings is 1. The van der Waals surface area contributed by atoms with E-state index in [2.05, 4.69) is 4.98 Å². The summed E-state index contributed by atoms with van der Waals surface area (Å²) in [5.74, 6) is -0.640. The molecule has 0 spiro atoms. The van der Waals surface area contributed by atoms with Gasteiger partial charge in [-0.1, -0.05) is 6.07 Å². The Kier molecular flexibility index (Phi) is 4.63. The minimum Gasteiger partial charge on any atom is -0.368 e. The zero-order chi connectivity index (χ0) is 12.8. The number of primary amides is 1. The van der Waals surface area contributed by atoms with Gasteiger partial charge in [-0.25, -0.2) is 0 Å². The van der Waals surface area contributed by atoms with Crippen LogP contribution in [0, 0.1) is 0 Å². The molecule has 1 rings (SSSR count). The predicted octanol–water partition coefficient (Wildman–Crippen LogP) is 0.346. The molecule has 17 heavy (non-hydrogen) atoms. The van der Waals surface area contributed by atoms with Crippen LogP contribution in [0.4, 0.5) is 0 Å². The highest BCUT2D eigenvalue weighted by Crippen LogP contribution is 2.04. The van der Waals surface area contributed by atoms with Crippen LogP contribution in [0.3, 0.4) is 0 Å². The van der Waals surface area contributed by atoms with Crippen LogP contribution < -0.4 is 5.73 Å². The fourth-order valence-corrected chi connectivity index (χ4v) is 1.58. The smallest absolute Gasteiger partial charge is 0.239 e. The van der Waals surface area contributed by atoms with E-state index < -0.39 is 11.9 Å². The fourth-order valence-electron chi connectivity index (χ4n) is 1.58. The molecule has 1 aromatic heterocycles. The number of carbonyl (C=O) groups is 2. The van der Waals surface area contributed by atoms with Crippen LogP contribution in [0.25, 0.3) is 0 Å². The molecule has 0 aliphatic carbocycles. The summed E-state index contributed by atoms with van der Waals surface area (Å²) in [4.78, 5) is 28.6. The third kappa shape index (κ3) is 3.55. The standard InChI is InChI=1S/C12H17N3O2/c1-3-15(9(2)12(13)17)11(16)8-10-6-4-5-7-14-10/h4-7,9H,3,8H2,1-2H3,(H2,13,17). The second-order valence-corrected chi connectivity index (χ2v) is 3.76. The Morgan fingerprint density at radius 2 is 2.18 bits per heavy atom. The summed E-state index contributed by atoms with van der Waals surface area (Å²) < 4.78 is 0. The molecule has 92 valence electrons. The maximum absolute atomic E-state index is 12.0. The SMILES string of the molecule is CCN(C(=O)Cc1ccccn1)C(C)C(N)=O. The third-order valence-corrected chi connectivity index (χ3v) is 2.60. The van der Waals surface area contributed by atoms with E-state index in [4.69, 9.17) is 5.73 Å². The van der Waals surface area contributed by atoms with Gasteiger partial charge >= 0.3 is 0 Å². The lowest BCUT2D eigenvalue weighted by Crippen LogP contribution is -2.46. The number of nitrogens with two attached hydrogens (primary N) is 1. The van der Waals surface area contributed by atoms with Crippen LogP contribution >= 0.6 is 0 Å². The number of likely N-dealkylation sites (N-methyl/N-ethyl adjacent to an activating group) is 1. The molecule has 0 bridgehead atoms. The summed E-state index contributed by atoms with van der Waals surface area (Å²) in [5.41, 5.74) is 5.88. The molecule has 1 atom stereocenters. The Morgan fingerprint density at radius 1 is 1.47 bits per heavy atom. The van der Waals surface area contributed by atoms with Crippen LogP contribution in [0.2, 0.25) is 0 Å². The Labute approximate surface area is 101 Å². The second kappa shape index (κ2) is 5.98. The monoisotopic (exact) mass is 235 g/mol. The molecule has 0 aliphatic rings. The van der Waals surface area contributed by atoms with Crippen LogP contribution in [0.1, 0.15) is 19.5 Å². The first kappa shape index (κ1) is 13.2. The van der Waals surface area contributed by atoms with Crippen LogP contribution in [0.15, 0.2) is 24.4 Å². The molecule has 5 nitrogen and oxygen atoms in total. The van der Waals surface area contributed by atoms with Crippen molar-refractivity contribution in [3.8, 4) is 0 Å². The van der Waals surface area contributed by atoms with Crippen LogP contribution in [-0.4, -0.2) is 34.3 Å². The highest BCUT2D eigenvalue weighted by atomic mass is 16.2. The lowest BCUT2D eigenvalue weighted by molar-refractivity contribution is -0.138. The van der Waals surface area contributed by atoms with E-state index in [9.17, 15) is 9.59 Å². The van der Waals surface area contributed by atoms with E-state index in [1.165, 1.54) is 4.90 Å². The summed E-state index contributed by atoms with van der Waals surface area (Å²) >= 11 is 0. The van der Waals surface area contributed by atoms with Crippen molar-refractivity contribution in [2.24, 2.45) is 5.73 Å². The van der Waals surface area contributed by atoms with Gasteiger partial charge in [0, 0.05) is 18.4 Å². The highest BCUT2D eigenvalue weighted by molar-refractivity contribution is 5.87. The normalized spacial score (nSPS) is 11.9. The fraction of sp³-hybridized carbons (Fsp3) is 0.417. The van der Waals surface area contributed by atoms with Gasteiger partial charge in [0.25, 0.3) is 0 Å². The van der Waals surface area contributed by atoms with Gasteiger partial charge in [0.15, 0.2) is 0 Å². The number of carbonyl (C=O) groups excluding carboxylic acids is 2. The summed E-state index contributed by atoms with van der Waals surface area (Å²) in [6, 6.07) is 4.80. The number of rotatable bonds is 5. The molecule has 0 fully saturated rings. The second-order valence-electron chi connectivity index (χ2n) is 3.76. The molecule has 1 heterocycles. The molecule has 0 aliphatic heterocycles. The Morgan fingerprint density at radius 3 is 2.65 bits per heavy atom. The number of hydrogen-bond donors (Lipinski definition) is 1. The molecule has 0 saturated carbocycles. The highest BCUT2D eigenvalue weighted by Gasteiger charge is 2.22. The third-order valence-electron chi connectivity index (χ3n) is 2.60. The van der Waals surface area contributed by atoms with Gasteiger partial charge in [-0.2, -0.15) is 0 Å². The molecule has 2 N–H and O–H groups in total. The van der Waals surface area contributed by atoms with Crippen molar-refractivity contribution < 1.29 is 9.59 Å².